The maximum atomic E-state index is 12.5. The highest BCUT2D eigenvalue weighted by molar-refractivity contribution is 5.94. The summed E-state index contributed by atoms with van der Waals surface area (Å²) in [4.78, 5) is 16.5. The topological polar surface area (TPSA) is 77.2 Å². The molecule has 3 N–H and O–H groups in total. The molecule has 3 rings (SSSR count). The minimum absolute atomic E-state index is 0.182. The molecule has 1 atom stereocenters. The van der Waals surface area contributed by atoms with Gasteiger partial charge in [-0.25, -0.2) is 0 Å². The number of anilines is 1. The molecule has 0 bridgehead atoms. The minimum atomic E-state index is -0.618. The lowest BCUT2D eigenvalue weighted by Gasteiger charge is -2.13. The number of hydrogen-bond acceptors (Lipinski definition) is 4. The van der Waals surface area contributed by atoms with Gasteiger partial charge in [-0.15, -0.1) is 0 Å². The lowest BCUT2D eigenvalue weighted by atomic mass is 10.0. The predicted octanol–water partition coefficient (Wildman–Crippen LogP) is 5.29. The maximum Gasteiger partial charge on any atom is 0.241 e. The van der Waals surface area contributed by atoms with Crippen molar-refractivity contribution in [3.05, 3.63) is 89.7 Å². The van der Waals surface area contributed by atoms with E-state index >= 15 is 0 Å². The van der Waals surface area contributed by atoms with Crippen LogP contribution in [0.2, 0.25) is 0 Å². The van der Waals surface area contributed by atoms with E-state index in [-0.39, 0.29) is 5.91 Å². The number of carbonyl (C=O) groups excluding carboxylic acids is 1. The van der Waals surface area contributed by atoms with Crippen LogP contribution in [-0.4, -0.2) is 16.9 Å². The van der Waals surface area contributed by atoms with E-state index in [1.165, 1.54) is 31.2 Å². The molecule has 1 amide bonds. The lowest BCUT2D eigenvalue weighted by molar-refractivity contribution is -0.117. The summed E-state index contributed by atoms with van der Waals surface area (Å²) >= 11 is 0. The van der Waals surface area contributed by atoms with Crippen LogP contribution in [0.1, 0.15) is 49.3 Å². The molecule has 0 spiro atoms. The minimum Gasteiger partial charge on any atom is -0.489 e. The molecule has 1 heterocycles. The smallest absolute Gasteiger partial charge is 0.241 e. The highest BCUT2D eigenvalue weighted by Crippen LogP contribution is 2.16. The van der Waals surface area contributed by atoms with E-state index in [2.05, 4.69) is 29.4 Å². The molecule has 5 nitrogen and oxygen atoms in total. The van der Waals surface area contributed by atoms with Gasteiger partial charge in [-0.05, 0) is 72.4 Å². The Kier molecular flexibility index (Phi) is 9.26. The van der Waals surface area contributed by atoms with Crippen LogP contribution < -0.4 is 15.8 Å². The van der Waals surface area contributed by atoms with Gasteiger partial charge in [0.25, 0.3) is 0 Å². The highest BCUT2D eigenvalue weighted by Gasteiger charge is 2.14. The Hall–Kier alpha value is -3.18. The molecule has 5 heteroatoms. The summed E-state index contributed by atoms with van der Waals surface area (Å²) in [6.45, 7) is 2.71. The van der Waals surface area contributed by atoms with Crippen molar-refractivity contribution < 1.29 is 9.53 Å². The quantitative estimate of drug-likeness (QED) is 0.382. The number of nitrogens with one attached hydrogen (secondary N) is 1. The first-order chi connectivity index (χ1) is 15.6. The first kappa shape index (κ1) is 23.5. The zero-order valence-electron chi connectivity index (χ0n) is 18.8. The van der Waals surface area contributed by atoms with Gasteiger partial charge in [-0.1, -0.05) is 50.5 Å². The van der Waals surface area contributed by atoms with Crippen molar-refractivity contribution in [2.24, 2.45) is 5.73 Å². The average Bonchev–Trinajstić information content (AvgIpc) is 2.83. The van der Waals surface area contributed by atoms with Gasteiger partial charge >= 0.3 is 0 Å². The Labute approximate surface area is 191 Å². The molecule has 0 aliphatic rings. The van der Waals surface area contributed by atoms with E-state index in [0.717, 1.165) is 29.0 Å². The van der Waals surface area contributed by atoms with Crippen molar-refractivity contribution >= 4 is 11.6 Å². The highest BCUT2D eigenvalue weighted by atomic mass is 16.5. The van der Waals surface area contributed by atoms with Gasteiger partial charge in [-0.2, -0.15) is 0 Å². The number of pyridine rings is 1. The average molecular weight is 432 g/mol. The van der Waals surface area contributed by atoms with E-state index in [9.17, 15) is 4.79 Å². The molecule has 2 aromatic carbocycles. The number of hydrogen-bond donors (Lipinski definition) is 2. The largest absolute Gasteiger partial charge is 0.489 e. The maximum absolute atomic E-state index is 12.5. The number of carbonyl (C=O) groups is 1. The zero-order chi connectivity index (χ0) is 22.6. The second-order valence-electron chi connectivity index (χ2n) is 8.10. The Morgan fingerprint density at radius 2 is 1.59 bits per heavy atom. The number of ether oxygens (including phenoxy) is 1. The zero-order valence-corrected chi connectivity index (χ0v) is 18.8. The number of nitrogens with zero attached hydrogens (tertiary/aromatic N) is 1. The number of aromatic nitrogens is 1. The molecule has 0 saturated carbocycles. The first-order valence-corrected chi connectivity index (χ1v) is 11.4. The SMILES string of the molecule is CCCCCCc1ccc(NC(=O)[C@@H](N)Cc2ccc(OCc3ccncc3)cc2)cc1. The molecule has 3 aromatic rings. The molecule has 0 aliphatic carbocycles. The Morgan fingerprint density at radius 3 is 2.28 bits per heavy atom. The first-order valence-electron chi connectivity index (χ1n) is 11.4. The van der Waals surface area contributed by atoms with E-state index in [1.54, 1.807) is 12.4 Å². The Balaban J connectivity index is 1.43. The number of aryl methyl sites for hydroxylation is 1. The summed E-state index contributed by atoms with van der Waals surface area (Å²) in [5, 5.41) is 2.92. The van der Waals surface area contributed by atoms with Gasteiger partial charge in [0, 0.05) is 18.1 Å². The monoisotopic (exact) mass is 431 g/mol. The van der Waals surface area contributed by atoms with Crippen LogP contribution in [0.4, 0.5) is 5.69 Å². The fraction of sp³-hybridized carbons (Fsp3) is 0.333. The standard InChI is InChI=1S/C27H33N3O2/c1-2-3-4-5-6-21-7-11-24(12-8-21)30-27(31)26(28)19-22-9-13-25(14-10-22)32-20-23-15-17-29-18-16-23/h7-18,26H,2-6,19-20,28H2,1H3,(H,30,31)/t26-/m0/s1. The molecule has 0 radical (unpaired) electrons. The fourth-order valence-corrected chi connectivity index (χ4v) is 3.46. The number of benzene rings is 2. The summed E-state index contributed by atoms with van der Waals surface area (Å²) in [6, 6.07) is 19.0. The number of amides is 1. The van der Waals surface area contributed by atoms with Crippen molar-refractivity contribution in [3.63, 3.8) is 0 Å². The van der Waals surface area contributed by atoms with Crippen LogP contribution >= 0.6 is 0 Å². The molecule has 0 fully saturated rings. The number of unbranched alkanes of at least 4 members (excludes halogenated alkanes) is 3. The third kappa shape index (κ3) is 7.82. The molecule has 168 valence electrons. The number of nitrogens with two attached hydrogens (primary N) is 1. The normalized spacial score (nSPS) is 11.7. The van der Waals surface area contributed by atoms with Gasteiger partial charge in [0.2, 0.25) is 5.91 Å². The van der Waals surface area contributed by atoms with Gasteiger partial charge in [-0.3, -0.25) is 9.78 Å². The van der Waals surface area contributed by atoms with Crippen LogP contribution in [0, 0.1) is 0 Å². The van der Waals surface area contributed by atoms with Gasteiger partial charge in [0.15, 0.2) is 0 Å². The molecule has 0 unspecified atom stereocenters. The van der Waals surface area contributed by atoms with Gasteiger partial charge in [0.1, 0.15) is 12.4 Å². The van der Waals surface area contributed by atoms with Crippen molar-refractivity contribution in [2.75, 3.05) is 5.32 Å². The second-order valence-corrected chi connectivity index (χ2v) is 8.10. The third-order valence-corrected chi connectivity index (χ3v) is 5.41. The fourth-order valence-electron chi connectivity index (χ4n) is 3.46. The summed E-state index contributed by atoms with van der Waals surface area (Å²) < 4.78 is 5.79. The lowest BCUT2D eigenvalue weighted by Crippen LogP contribution is -2.37. The Morgan fingerprint density at radius 1 is 0.906 bits per heavy atom. The van der Waals surface area contributed by atoms with Crippen molar-refractivity contribution in [1.29, 1.82) is 0 Å². The molecular weight excluding hydrogens is 398 g/mol. The van der Waals surface area contributed by atoms with Crippen LogP contribution in [0.3, 0.4) is 0 Å². The molecule has 0 saturated heterocycles. The third-order valence-electron chi connectivity index (χ3n) is 5.41. The summed E-state index contributed by atoms with van der Waals surface area (Å²) in [5.74, 6) is 0.595. The number of rotatable bonds is 12. The summed E-state index contributed by atoms with van der Waals surface area (Å²) in [7, 11) is 0. The van der Waals surface area contributed by atoms with E-state index in [0.29, 0.717) is 13.0 Å². The summed E-state index contributed by atoms with van der Waals surface area (Å²) in [6.07, 6.45) is 10.0. The van der Waals surface area contributed by atoms with Crippen molar-refractivity contribution in [3.8, 4) is 5.75 Å². The van der Waals surface area contributed by atoms with Crippen molar-refractivity contribution in [1.82, 2.24) is 4.98 Å². The van der Waals surface area contributed by atoms with Crippen LogP contribution in [-0.2, 0) is 24.2 Å². The molecule has 1 aromatic heterocycles. The van der Waals surface area contributed by atoms with Crippen molar-refractivity contribution in [2.45, 2.75) is 58.1 Å². The van der Waals surface area contributed by atoms with Crippen LogP contribution in [0.5, 0.6) is 5.75 Å². The predicted molar refractivity (Wildman–Crippen MR) is 130 cm³/mol. The van der Waals surface area contributed by atoms with Crippen LogP contribution in [0.25, 0.3) is 0 Å². The summed E-state index contributed by atoms with van der Waals surface area (Å²) in [5.41, 5.74) is 10.3. The molecule has 32 heavy (non-hydrogen) atoms. The van der Waals surface area contributed by atoms with E-state index < -0.39 is 6.04 Å². The van der Waals surface area contributed by atoms with Crippen LogP contribution in [0.15, 0.2) is 73.1 Å². The van der Waals surface area contributed by atoms with Gasteiger partial charge < -0.3 is 15.8 Å². The second kappa shape index (κ2) is 12.6. The molecule has 0 aliphatic heterocycles. The van der Waals surface area contributed by atoms with E-state index in [4.69, 9.17) is 10.5 Å². The molecular formula is C27H33N3O2. The van der Waals surface area contributed by atoms with Gasteiger partial charge in [0.05, 0.1) is 6.04 Å². The Bertz CT molecular complexity index is 941. The van der Waals surface area contributed by atoms with E-state index in [1.807, 2.05) is 48.5 Å².